The lowest BCUT2D eigenvalue weighted by molar-refractivity contribution is -0.125. The van der Waals surface area contributed by atoms with Crippen LogP contribution < -0.4 is 11.1 Å². The molecule has 0 aliphatic carbocycles. The van der Waals surface area contributed by atoms with Gasteiger partial charge in [0.1, 0.15) is 0 Å². The fourth-order valence-corrected chi connectivity index (χ4v) is 2.07. The lowest BCUT2D eigenvalue weighted by atomic mass is 10.1. The second kappa shape index (κ2) is 6.15. The van der Waals surface area contributed by atoms with Crippen molar-refractivity contribution in [3.8, 4) is 0 Å². The van der Waals surface area contributed by atoms with Gasteiger partial charge in [-0.25, -0.2) is 0 Å². The van der Waals surface area contributed by atoms with Gasteiger partial charge in [-0.15, -0.1) is 0 Å². The summed E-state index contributed by atoms with van der Waals surface area (Å²) >= 11 is 4.94. The van der Waals surface area contributed by atoms with Crippen molar-refractivity contribution in [2.75, 3.05) is 20.1 Å². The lowest BCUT2D eigenvalue weighted by Crippen LogP contribution is -2.46. The lowest BCUT2D eigenvalue weighted by Gasteiger charge is -2.27. The minimum Gasteiger partial charge on any atom is -0.393 e. The monoisotopic (exact) mass is 243 g/mol. The Morgan fingerprint density at radius 1 is 1.69 bits per heavy atom. The smallest absolute Gasteiger partial charge is 0.237 e. The zero-order chi connectivity index (χ0) is 12.1. The first-order chi connectivity index (χ1) is 7.52. The van der Waals surface area contributed by atoms with Crippen LogP contribution in [-0.2, 0) is 4.79 Å². The standard InChI is InChI=1S/C11H21N3OS/c1-8(10(12)16)7-14(2)9-5-3-4-6-13-11(9)15/h8-9H,3-7H2,1-2H3,(H2,12,16)(H,13,15). The molecule has 3 N–H and O–H groups in total. The molecule has 0 spiro atoms. The van der Waals surface area contributed by atoms with Gasteiger partial charge in [0.15, 0.2) is 0 Å². The molecule has 1 heterocycles. The topological polar surface area (TPSA) is 58.4 Å². The molecule has 0 aromatic carbocycles. The second-order valence-corrected chi connectivity index (χ2v) is 5.02. The van der Waals surface area contributed by atoms with Crippen molar-refractivity contribution in [2.45, 2.75) is 32.2 Å². The Morgan fingerprint density at radius 2 is 2.38 bits per heavy atom. The molecule has 1 rings (SSSR count). The first-order valence-electron chi connectivity index (χ1n) is 5.79. The number of nitrogens with one attached hydrogen (secondary N) is 1. The van der Waals surface area contributed by atoms with Crippen molar-refractivity contribution < 1.29 is 4.79 Å². The second-order valence-electron chi connectivity index (χ2n) is 4.55. The summed E-state index contributed by atoms with van der Waals surface area (Å²) < 4.78 is 0. The molecule has 1 saturated heterocycles. The van der Waals surface area contributed by atoms with Crippen molar-refractivity contribution in [1.29, 1.82) is 0 Å². The molecule has 2 unspecified atom stereocenters. The Labute approximate surface area is 103 Å². The fourth-order valence-electron chi connectivity index (χ4n) is 1.99. The Bertz CT molecular complexity index is 270. The van der Waals surface area contributed by atoms with Crippen molar-refractivity contribution in [3.63, 3.8) is 0 Å². The number of thiocarbonyl (C=S) groups is 1. The Balaban J connectivity index is 2.53. The fraction of sp³-hybridized carbons (Fsp3) is 0.818. The van der Waals surface area contributed by atoms with E-state index in [9.17, 15) is 4.79 Å². The van der Waals surface area contributed by atoms with Crippen LogP contribution in [-0.4, -0.2) is 42.0 Å². The van der Waals surface area contributed by atoms with E-state index < -0.39 is 0 Å². The Hall–Kier alpha value is -0.680. The number of carbonyl (C=O) groups excluding carboxylic acids is 1. The molecule has 0 bridgehead atoms. The molecular weight excluding hydrogens is 222 g/mol. The molecule has 92 valence electrons. The zero-order valence-electron chi connectivity index (χ0n) is 10.0. The molecule has 0 aromatic heterocycles. The predicted octanol–water partition coefficient (Wildman–Crippen LogP) is 0.509. The van der Waals surface area contributed by atoms with Crippen LogP contribution in [0.5, 0.6) is 0 Å². The molecule has 1 aliphatic rings. The molecule has 16 heavy (non-hydrogen) atoms. The highest BCUT2D eigenvalue weighted by Gasteiger charge is 2.25. The summed E-state index contributed by atoms with van der Waals surface area (Å²) in [5.74, 6) is 0.284. The quantitative estimate of drug-likeness (QED) is 0.706. The van der Waals surface area contributed by atoms with Crippen molar-refractivity contribution >= 4 is 23.1 Å². The van der Waals surface area contributed by atoms with E-state index in [0.717, 1.165) is 32.4 Å². The number of nitrogens with zero attached hydrogens (tertiary/aromatic N) is 1. The minimum absolute atomic E-state index is 0.0284. The molecule has 1 fully saturated rings. The van der Waals surface area contributed by atoms with E-state index in [-0.39, 0.29) is 17.9 Å². The van der Waals surface area contributed by atoms with Gasteiger partial charge in [0, 0.05) is 19.0 Å². The van der Waals surface area contributed by atoms with E-state index in [1.807, 2.05) is 14.0 Å². The van der Waals surface area contributed by atoms with Crippen molar-refractivity contribution in [2.24, 2.45) is 11.7 Å². The predicted molar refractivity (Wildman–Crippen MR) is 69.2 cm³/mol. The zero-order valence-corrected chi connectivity index (χ0v) is 10.8. The normalized spacial score (nSPS) is 23.7. The van der Waals surface area contributed by atoms with Gasteiger partial charge in [0.25, 0.3) is 0 Å². The van der Waals surface area contributed by atoms with Gasteiger partial charge >= 0.3 is 0 Å². The summed E-state index contributed by atoms with van der Waals surface area (Å²) in [6, 6.07) is -0.0284. The third kappa shape index (κ3) is 3.72. The summed E-state index contributed by atoms with van der Waals surface area (Å²) in [5, 5.41) is 2.93. The first-order valence-corrected chi connectivity index (χ1v) is 6.20. The molecular formula is C11H21N3OS. The highest BCUT2D eigenvalue weighted by atomic mass is 32.1. The summed E-state index contributed by atoms with van der Waals surface area (Å²) in [6.07, 6.45) is 3.09. The molecule has 1 amide bonds. The van der Waals surface area contributed by atoms with Crippen LogP contribution in [0.1, 0.15) is 26.2 Å². The average Bonchev–Trinajstić information content (AvgIpc) is 2.42. The molecule has 2 atom stereocenters. The van der Waals surface area contributed by atoms with E-state index in [4.69, 9.17) is 18.0 Å². The summed E-state index contributed by atoms with van der Waals surface area (Å²) in [5.41, 5.74) is 5.58. The maximum atomic E-state index is 11.8. The van der Waals surface area contributed by atoms with E-state index >= 15 is 0 Å². The van der Waals surface area contributed by atoms with Gasteiger partial charge in [-0.2, -0.15) is 0 Å². The molecule has 0 radical (unpaired) electrons. The van der Waals surface area contributed by atoms with E-state index in [0.29, 0.717) is 4.99 Å². The van der Waals surface area contributed by atoms with Gasteiger partial charge in [0.2, 0.25) is 5.91 Å². The third-order valence-electron chi connectivity index (χ3n) is 3.09. The number of hydrogen-bond donors (Lipinski definition) is 2. The van der Waals surface area contributed by atoms with Crippen LogP contribution in [0.15, 0.2) is 0 Å². The highest BCUT2D eigenvalue weighted by molar-refractivity contribution is 7.80. The minimum atomic E-state index is -0.0284. The van der Waals surface area contributed by atoms with Gasteiger partial charge in [0.05, 0.1) is 11.0 Å². The van der Waals surface area contributed by atoms with Crippen LogP contribution >= 0.6 is 12.2 Å². The third-order valence-corrected chi connectivity index (χ3v) is 3.49. The number of carbonyl (C=O) groups is 1. The summed E-state index contributed by atoms with van der Waals surface area (Å²) in [6.45, 7) is 3.54. The van der Waals surface area contributed by atoms with Crippen LogP contribution in [0, 0.1) is 5.92 Å². The number of nitrogens with two attached hydrogens (primary N) is 1. The van der Waals surface area contributed by atoms with Gasteiger partial charge in [-0.3, -0.25) is 9.69 Å². The Morgan fingerprint density at radius 3 is 3.00 bits per heavy atom. The molecule has 0 aromatic rings. The van der Waals surface area contributed by atoms with E-state index in [2.05, 4.69) is 10.2 Å². The van der Waals surface area contributed by atoms with Gasteiger partial charge in [-0.05, 0) is 26.3 Å². The summed E-state index contributed by atoms with van der Waals surface area (Å²) in [4.78, 5) is 14.4. The van der Waals surface area contributed by atoms with Gasteiger partial charge < -0.3 is 11.1 Å². The number of hydrogen-bond acceptors (Lipinski definition) is 3. The number of rotatable bonds is 4. The largest absolute Gasteiger partial charge is 0.393 e. The van der Waals surface area contributed by atoms with E-state index in [1.165, 1.54) is 0 Å². The molecule has 4 nitrogen and oxygen atoms in total. The SMILES string of the molecule is CC(CN(C)C1CCCCNC1=O)C(N)=S. The van der Waals surface area contributed by atoms with Gasteiger partial charge in [-0.1, -0.05) is 19.1 Å². The van der Waals surface area contributed by atoms with Crippen LogP contribution in [0.3, 0.4) is 0 Å². The van der Waals surface area contributed by atoms with E-state index in [1.54, 1.807) is 0 Å². The molecule has 5 heteroatoms. The highest BCUT2D eigenvalue weighted by Crippen LogP contribution is 2.12. The molecule has 1 aliphatic heterocycles. The molecule has 0 saturated carbocycles. The number of likely N-dealkylation sites (N-methyl/N-ethyl adjacent to an activating group) is 1. The Kier molecular flexibility index (Phi) is 5.15. The number of amides is 1. The maximum Gasteiger partial charge on any atom is 0.237 e. The van der Waals surface area contributed by atoms with Crippen molar-refractivity contribution in [1.82, 2.24) is 10.2 Å². The van der Waals surface area contributed by atoms with Crippen LogP contribution in [0.2, 0.25) is 0 Å². The van der Waals surface area contributed by atoms with Crippen molar-refractivity contribution in [3.05, 3.63) is 0 Å². The van der Waals surface area contributed by atoms with Crippen LogP contribution in [0.25, 0.3) is 0 Å². The average molecular weight is 243 g/mol. The summed E-state index contributed by atoms with van der Waals surface area (Å²) in [7, 11) is 1.96. The van der Waals surface area contributed by atoms with Crippen LogP contribution in [0.4, 0.5) is 0 Å². The maximum absolute atomic E-state index is 11.8. The first kappa shape index (κ1) is 13.4.